The van der Waals surface area contributed by atoms with Gasteiger partial charge in [-0.15, -0.1) is 0 Å². The summed E-state index contributed by atoms with van der Waals surface area (Å²) in [6.07, 6.45) is 5.02. The molecule has 7 heteroatoms. The van der Waals surface area contributed by atoms with E-state index in [9.17, 15) is 8.42 Å². The molecule has 0 saturated carbocycles. The van der Waals surface area contributed by atoms with Crippen LogP contribution in [0.1, 0.15) is 0 Å². The third-order valence-electron chi connectivity index (χ3n) is 3.46. The average Bonchev–Trinajstić information content (AvgIpc) is 2.86. The lowest BCUT2D eigenvalue weighted by atomic mass is 10.4. The minimum atomic E-state index is -3.40. The Kier molecular flexibility index (Phi) is 3.04. The molecule has 2 aromatic rings. The van der Waals surface area contributed by atoms with E-state index in [1.54, 1.807) is 39.4 Å². The summed E-state index contributed by atoms with van der Waals surface area (Å²) in [4.78, 5) is 6.56. The topological polar surface area (TPSA) is 57.9 Å². The van der Waals surface area contributed by atoms with Crippen molar-refractivity contribution in [3.05, 3.63) is 30.7 Å². The molecule has 19 heavy (non-hydrogen) atoms. The predicted octanol–water partition coefficient (Wildman–Crippen LogP) is 0.270. The normalized spacial score (nSPS) is 19.0. The molecule has 102 valence electrons. The predicted molar refractivity (Wildman–Crippen MR) is 71.4 cm³/mol. The van der Waals surface area contributed by atoms with Gasteiger partial charge >= 0.3 is 0 Å². The minimum absolute atomic E-state index is 0.322. The van der Waals surface area contributed by atoms with Crippen LogP contribution in [0.4, 0.5) is 0 Å². The van der Waals surface area contributed by atoms with Crippen LogP contribution in [0.5, 0.6) is 0 Å². The van der Waals surface area contributed by atoms with Gasteiger partial charge < -0.3 is 9.30 Å². The van der Waals surface area contributed by atoms with Crippen molar-refractivity contribution in [3.63, 3.8) is 0 Å². The smallest absolute Gasteiger partial charge is 0.244 e. The van der Waals surface area contributed by atoms with Gasteiger partial charge in [0.15, 0.2) is 0 Å². The fourth-order valence-electron chi connectivity index (χ4n) is 2.23. The summed E-state index contributed by atoms with van der Waals surface area (Å²) in [6, 6.07) is 3.35. The quantitative estimate of drug-likeness (QED) is 0.792. The molecule has 0 amide bonds. The fraction of sp³-hybridized carbons (Fsp3) is 0.417. The molecule has 0 N–H and O–H groups in total. The summed E-state index contributed by atoms with van der Waals surface area (Å²) >= 11 is 0. The molecule has 0 aliphatic carbocycles. The Morgan fingerprint density at radius 2 is 1.89 bits per heavy atom. The molecule has 0 radical (unpaired) electrons. The van der Waals surface area contributed by atoms with Crippen LogP contribution in [0.15, 0.2) is 35.6 Å². The lowest BCUT2D eigenvalue weighted by Crippen LogP contribution is -2.47. The van der Waals surface area contributed by atoms with Crippen molar-refractivity contribution in [2.75, 3.05) is 33.2 Å². The monoisotopic (exact) mass is 280 g/mol. The highest BCUT2D eigenvalue weighted by atomic mass is 32.2. The van der Waals surface area contributed by atoms with Crippen molar-refractivity contribution < 1.29 is 8.42 Å². The van der Waals surface area contributed by atoms with E-state index in [0.29, 0.717) is 18.0 Å². The molecular weight excluding hydrogens is 264 g/mol. The number of nitrogens with zero attached hydrogens (tertiary/aromatic N) is 4. The van der Waals surface area contributed by atoms with Gasteiger partial charge in [-0.3, -0.25) is 0 Å². The zero-order chi connectivity index (χ0) is 13.5. The molecule has 3 heterocycles. The van der Waals surface area contributed by atoms with Crippen molar-refractivity contribution in [2.45, 2.75) is 4.90 Å². The van der Waals surface area contributed by atoms with Crippen LogP contribution in [0.2, 0.25) is 0 Å². The van der Waals surface area contributed by atoms with Crippen LogP contribution in [0, 0.1) is 0 Å². The second kappa shape index (κ2) is 4.59. The Bertz CT molecular complexity index is 687. The van der Waals surface area contributed by atoms with E-state index in [-0.39, 0.29) is 0 Å². The summed E-state index contributed by atoms with van der Waals surface area (Å²) in [7, 11) is -1.40. The molecule has 1 aliphatic rings. The number of imidazole rings is 1. The Morgan fingerprint density at radius 1 is 1.16 bits per heavy atom. The maximum Gasteiger partial charge on any atom is 0.244 e. The SMILES string of the molecule is CN1CCN(S(=O)(=O)c2ccc3nccn3c2)CC1. The molecule has 1 aliphatic heterocycles. The number of hydrogen-bond donors (Lipinski definition) is 0. The number of sulfonamides is 1. The average molecular weight is 280 g/mol. The number of fused-ring (bicyclic) bond motifs is 1. The zero-order valence-corrected chi connectivity index (χ0v) is 11.5. The molecule has 0 atom stereocenters. The standard InChI is InChI=1S/C12H16N4O2S/c1-14-6-8-16(9-7-14)19(17,18)11-2-3-12-13-4-5-15(12)10-11/h2-5,10H,6-9H2,1H3. The Hall–Kier alpha value is -1.44. The maximum atomic E-state index is 12.5. The zero-order valence-electron chi connectivity index (χ0n) is 10.7. The number of piperazine rings is 1. The largest absolute Gasteiger partial charge is 0.306 e. The molecule has 6 nitrogen and oxygen atoms in total. The van der Waals surface area contributed by atoms with Gasteiger partial charge in [0, 0.05) is 44.8 Å². The van der Waals surface area contributed by atoms with E-state index in [2.05, 4.69) is 9.88 Å². The highest BCUT2D eigenvalue weighted by Gasteiger charge is 2.27. The summed E-state index contributed by atoms with van der Waals surface area (Å²) in [5.41, 5.74) is 0.748. The van der Waals surface area contributed by atoms with E-state index < -0.39 is 10.0 Å². The first-order valence-corrected chi connectivity index (χ1v) is 7.63. The van der Waals surface area contributed by atoms with Gasteiger partial charge in [0.2, 0.25) is 10.0 Å². The molecular formula is C12H16N4O2S. The van der Waals surface area contributed by atoms with Gasteiger partial charge in [0.25, 0.3) is 0 Å². The van der Waals surface area contributed by atoms with Crippen LogP contribution >= 0.6 is 0 Å². The first kappa shape index (κ1) is 12.6. The van der Waals surface area contributed by atoms with Crippen molar-refractivity contribution in [3.8, 4) is 0 Å². The summed E-state index contributed by atoms with van der Waals surface area (Å²) in [6.45, 7) is 2.63. The maximum absolute atomic E-state index is 12.5. The fourth-order valence-corrected chi connectivity index (χ4v) is 3.66. The lowest BCUT2D eigenvalue weighted by molar-refractivity contribution is 0.222. The Morgan fingerprint density at radius 3 is 2.63 bits per heavy atom. The molecule has 2 aromatic heterocycles. The first-order chi connectivity index (χ1) is 9.07. The second-order valence-electron chi connectivity index (χ2n) is 4.76. The van der Waals surface area contributed by atoms with E-state index in [1.165, 1.54) is 0 Å². The molecule has 0 bridgehead atoms. The minimum Gasteiger partial charge on any atom is -0.306 e. The van der Waals surface area contributed by atoms with Crippen molar-refractivity contribution in [1.82, 2.24) is 18.6 Å². The first-order valence-electron chi connectivity index (χ1n) is 6.19. The molecule has 0 aromatic carbocycles. The Balaban J connectivity index is 1.94. The third kappa shape index (κ3) is 2.24. The van der Waals surface area contributed by atoms with Crippen LogP contribution in [-0.2, 0) is 10.0 Å². The van der Waals surface area contributed by atoms with Gasteiger partial charge in [-0.25, -0.2) is 13.4 Å². The van der Waals surface area contributed by atoms with E-state index in [4.69, 9.17) is 0 Å². The van der Waals surface area contributed by atoms with Crippen molar-refractivity contribution >= 4 is 15.7 Å². The van der Waals surface area contributed by atoms with Crippen LogP contribution in [0.3, 0.4) is 0 Å². The van der Waals surface area contributed by atoms with Crippen molar-refractivity contribution in [2.24, 2.45) is 0 Å². The van der Waals surface area contributed by atoms with Gasteiger partial charge in [0.05, 0.1) is 4.90 Å². The summed E-state index contributed by atoms with van der Waals surface area (Å²) in [5.74, 6) is 0. The van der Waals surface area contributed by atoms with Crippen LogP contribution < -0.4 is 0 Å². The lowest BCUT2D eigenvalue weighted by Gasteiger charge is -2.31. The molecule has 0 unspecified atom stereocenters. The van der Waals surface area contributed by atoms with E-state index >= 15 is 0 Å². The second-order valence-corrected chi connectivity index (χ2v) is 6.70. The molecule has 1 fully saturated rings. The number of rotatable bonds is 2. The van der Waals surface area contributed by atoms with Gasteiger partial charge in [-0.2, -0.15) is 4.31 Å². The number of pyridine rings is 1. The van der Waals surface area contributed by atoms with E-state index in [0.717, 1.165) is 18.7 Å². The van der Waals surface area contributed by atoms with E-state index in [1.807, 2.05) is 7.05 Å². The molecule has 0 spiro atoms. The number of likely N-dealkylation sites (N-methyl/N-ethyl adjacent to an activating group) is 1. The highest BCUT2D eigenvalue weighted by molar-refractivity contribution is 7.89. The number of hydrogen-bond acceptors (Lipinski definition) is 4. The third-order valence-corrected chi connectivity index (χ3v) is 5.34. The Labute approximate surface area is 112 Å². The number of aromatic nitrogens is 2. The van der Waals surface area contributed by atoms with Crippen LogP contribution in [0.25, 0.3) is 5.65 Å². The van der Waals surface area contributed by atoms with Crippen molar-refractivity contribution in [1.29, 1.82) is 0 Å². The molecule has 1 saturated heterocycles. The van der Waals surface area contributed by atoms with Gasteiger partial charge in [0.1, 0.15) is 5.65 Å². The molecule has 3 rings (SSSR count). The van der Waals surface area contributed by atoms with Gasteiger partial charge in [-0.1, -0.05) is 0 Å². The highest BCUT2D eigenvalue weighted by Crippen LogP contribution is 2.17. The van der Waals surface area contributed by atoms with Gasteiger partial charge in [-0.05, 0) is 19.2 Å². The van der Waals surface area contributed by atoms with Crippen LogP contribution in [-0.4, -0.2) is 60.2 Å². The summed E-state index contributed by atoms with van der Waals surface area (Å²) < 4.78 is 28.3. The summed E-state index contributed by atoms with van der Waals surface area (Å²) in [5, 5.41) is 0.